The molecule has 0 N–H and O–H groups in total. The molecule has 0 atom stereocenters. The number of hydrogen-bond acceptors (Lipinski definition) is 1. The lowest BCUT2D eigenvalue weighted by Crippen LogP contribution is -1.78. The van der Waals surface area contributed by atoms with E-state index in [-0.39, 0.29) is 0 Å². The quantitative estimate of drug-likeness (QED) is 0.525. The molecule has 0 saturated heterocycles. The van der Waals surface area contributed by atoms with Crippen LogP contribution in [0.5, 0.6) is 0 Å². The molecule has 11 heavy (non-hydrogen) atoms. The Bertz CT molecular complexity index is 185. The maximum Gasteiger partial charge on any atom is 0.146 e. The molecule has 60 valence electrons. The van der Waals surface area contributed by atoms with E-state index in [0.717, 1.165) is 18.3 Å². The van der Waals surface area contributed by atoms with Crippen molar-refractivity contribution in [3.05, 3.63) is 36.0 Å². The molecule has 0 aromatic carbocycles. The zero-order chi connectivity index (χ0) is 8.53. The summed E-state index contributed by atoms with van der Waals surface area (Å²) in [5.74, 6) is 0. The fraction of sp³-hybridized carbons (Fsp3) is 0.300. The molecule has 1 aliphatic carbocycles. The topological polar surface area (TPSA) is 17.1 Å². The van der Waals surface area contributed by atoms with Crippen LogP contribution in [0.4, 0.5) is 0 Å². The molecule has 0 aromatic rings. The van der Waals surface area contributed by atoms with Crippen molar-refractivity contribution in [2.45, 2.75) is 20.3 Å². The van der Waals surface area contributed by atoms with Gasteiger partial charge in [0.25, 0.3) is 0 Å². The monoisotopic (exact) mass is 150 g/mol. The van der Waals surface area contributed by atoms with Gasteiger partial charge in [-0.25, -0.2) is 0 Å². The van der Waals surface area contributed by atoms with Gasteiger partial charge in [0.1, 0.15) is 6.29 Å². The highest BCUT2D eigenvalue weighted by Gasteiger charge is 1.89. The molecule has 0 unspecified atom stereocenters. The standard InChI is InChI=1S/C8H8O.C2H6/c9-7-8-5-3-1-2-4-6-8;1-2/h1-5,7H,6H2;1-2H3. The molecule has 0 spiro atoms. The van der Waals surface area contributed by atoms with Crippen LogP contribution in [0, 0.1) is 0 Å². The maximum absolute atomic E-state index is 10.2. The number of aldehydes is 1. The molecule has 0 amide bonds. The van der Waals surface area contributed by atoms with Crippen LogP contribution in [0.3, 0.4) is 0 Å². The number of hydrogen-bond donors (Lipinski definition) is 0. The SMILES string of the molecule is CC.O=CC1=CC=CC=CC1. The Morgan fingerprint density at radius 3 is 2.64 bits per heavy atom. The van der Waals surface area contributed by atoms with Crippen LogP contribution in [0.1, 0.15) is 20.3 Å². The third kappa shape index (κ3) is 4.31. The normalized spacial score (nSPS) is 14.2. The zero-order valence-electron chi connectivity index (χ0n) is 7.08. The first-order valence-corrected chi connectivity index (χ1v) is 3.91. The van der Waals surface area contributed by atoms with Crippen LogP contribution < -0.4 is 0 Å². The maximum atomic E-state index is 10.2. The van der Waals surface area contributed by atoms with Gasteiger partial charge in [0.05, 0.1) is 0 Å². The smallest absolute Gasteiger partial charge is 0.146 e. The van der Waals surface area contributed by atoms with Gasteiger partial charge in [-0.15, -0.1) is 0 Å². The molecule has 0 bridgehead atoms. The van der Waals surface area contributed by atoms with Crippen LogP contribution in [-0.2, 0) is 4.79 Å². The van der Waals surface area contributed by atoms with Crippen LogP contribution >= 0.6 is 0 Å². The number of carbonyl (C=O) groups excluding carboxylic acids is 1. The Balaban J connectivity index is 0.000000461. The molecular weight excluding hydrogens is 136 g/mol. The molecular formula is C10H14O. The highest BCUT2D eigenvalue weighted by Crippen LogP contribution is 2.02. The van der Waals surface area contributed by atoms with Crippen molar-refractivity contribution in [1.82, 2.24) is 0 Å². The number of rotatable bonds is 1. The summed E-state index contributed by atoms with van der Waals surface area (Å²) in [6.07, 6.45) is 11.2. The zero-order valence-corrected chi connectivity index (χ0v) is 7.08. The van der Waals surface area contributed by atoms with Crippen molar-refractivity contribution in [3.63, 3.8) is 0 Å². The van der Waals surface area contributed by atoms with E-state index in [1.165, 1.54) is 0 Å². The average molecular weight is 150 g/mol. The minimum absolute atomic E-state index is 0.760. The van der Waals surface area contributed by atoms with Gasteiger partial charge in [-0.05, 0) is 12.0 Å². The number of carbonyl (C=O) groups is 1. The average Bonchev–Trinajstić information content (AvgIpc) is 2.35. The van der Waals surface area contributed by atoms with E-state index in [1.807, 2.05) is 44.2 Å². The summed E-state index contributed by atoms with van der Waals surface area (Å²) in [5, 5.41) is 0. The highest BCUT2D eigenvalue weighted by atomic mass is 16.1. The molecule has 0 radical (unpaired) electrons. The predicted molar refractivity (Wildman–Crippen MR) is 48.4 cm³/mol. The van der Waals surface area contributed by atoms with E-state index in [4.69, 9.17) is 0 Å². The molecule has 1 aliphatic rings. The number of allylic oxidation sites excluding steroid dienone is 6. The molecule has 0 fully saturated rings. The summed E-state index contributed by atoms with van der Waals surface area (Å²) < 4.78 is 0. The molecule has 0 saturated carbocycles. The minimum Gasteiger partial charge on any atom is -0.298 e. The van der Waals surface area contributed by atoms with Gasteiger partial charge in [0.2, 0.25) is 0 Å². The highest BCUT2D eigenvalue weighted by molar-refractivity contribution is 5.74. The second-order valence-corrected chi connectivity index (χ2v) is 1.88. The lowest BCUT2D eigenvalue weighted by Gasteiger charge is -1.85. The largest absolute Gasteiger partial charge is 0.298 e. The third-order valence-corrected chi connectivity index (χ3v) is 1.17. The van der Waals surface area contributed by atoms with Gasteiger partial charge < -0.3 is 0 Å². The fourth-order valence-electron chi connectivity index (χ4n) is 0.681. The van der Waals surface area contributed by atoms with E-state index < -0.39 is 0 Å². The summed E-state index contributed by atoms with van der Waals surface area (Å²) in [5.41, 5.74) is 0.833. The first-order chi connectivity index (χ1) is 5.43. The van der Waals surface area contributed by atoms with E-state index >= 15 is 0 Å². The molecule has 0 aromatic heterocycles. The first kappa shape index (κ1) is 9.89. The Morgan fingerprint density at radius 2 is 2.00 bits per heavy atom. The van der Waals surface area contributed by atoms with E-state index in [2.05, 4.69) is 0 Å². The summed E-state index contributed by atoms with van der Waals surface area (Å²) in [6.45, 7) is 4.00. The van der Waals surface area contributed by atoms with Gasteiger partial charge in [0.15, 0.2) is 0 Å². The second kappa shape index (κ2) is 7.00. The predicted octanol–water partition coefficient (Wildman–Crippen LogP) is 2.65. The van der Waals surface area contributed by atoms with Crippen molar-refractivity contribution in [1.29, 1.82) is 0 Å². The molecule has 1 rings (SSSR count). The molecule has 1 nitrogen and oxygen atoms in total. The van der Waals surface area contributed by atoms with Crippen molar-refractivity contribution in [2.75, 3.05) is 0 Å². The Morgan fingerprint density at radius 1 is 1.27 bits per heavy atom. The van der Waals surface area contributed by atoms with Gasteiger partial charge in [-0.1, -0.05) is 44.2 Å². The summed E-state index contributed by atoms with van der Waals surface area (Å²) in [4.78, 5) is 10.2. The summed E-state index contributed by atoms with van der Waals surface area (Å²) in [6, 6.07) is 0. The molecule has 0 aliphatic heterocycles. The lowest BCUT2D eigenvalue weighted by atomic mass is 10.2. The van der Waals surface area contributed by atoms with E-state index in [1.54, 1.807) is 0 Å². The van der Waals surface area contributed by atoms with Gasteiger partial charge >= 0.3 is 0 Å². The Hall–Kier alpha value is -1.11. The fourth-order valence-corrected chi connectivity index (χ4v) is 0.681. The van der Waals surface area contributed by atoms with Crippen LogP contribution in [0.15, 0.2) is 36.0 Å². The van der Waals surface area contributed by atoms with Gasteiger partial charge in [0, 0.05) is 0 Å². The van der Waals surface area contributed by atoms with Crippen LogP contribution in [0.2, 0.25) is 0 Å². The van der Waals surface area contributed by atoms with Crippen molar-refractivity contribution in [3.8, 4) is 0 Å². The molecule has 1 heteroatoms. The third-order valence-electron chi connectivity index (χ3n) is 1.17. The van der Waals surface area contributed by atoms with Crippen molar-refractivity contribution < 1.29 is 4.79 Å². The first-order valence-electron chi connectivity index (χ1n) is 3.91. The van der Waals surface area contributed by atoms with Gasteiger partial charge in [-0.3, -0.25) is 4.79 Å². The second-order valence-electron chi connectivity index (χ2n) is 1.88. The Labute approximate surface area is 68.1 Å². The summed E-state index contributed by atoms with van der Waals surface area (Å²) in [7, 11) is 0. The van der Waals surface area contributed by atoms with Crippen LogP contribution in [0.25, 0.3) is 0 Å². The minimum atomic E-state index is 0.760. The van der Waals surface area contributed by atoms with Crippen molar-refractivity contribution >= 4 is 6.29 Å². The summed E-state index contributed by atoms with van der Waals surface area (Å²) >= 11 is 0. The lowest BCUT2D eigenvalue weighted by molar-refractivity contribution is -0.104. The van der Waals surface area contributed by atoms with Crippen molar-refractivity contribution in [2.24, 2.45) is 0 Å². The van der Waals surface area contributed by atoms with E-state index in [0.29, 0.717) is 0 Å². The van der Waals surface area contributed by atoms with Gasteiger partial charge in [-0.2, -0.15) is 0 Å². The van der Waals surface area contributed by atoms with E-state index in [9.17, 15) is 4.79 Å². The Kier molecular flexibility index (Phi) is 6.30. The molecule has 0 heterocycles. The van der Waals surface area contributed by atoms with Crippen LogP contribution in [-0.4, -0.2) is 6.29 Å².